The lowest BCUT2D eigenvalue weighted by Crippen LogP contribution is -2.40. The Morgan fingerprint density at radius 2 is 1.74 bits per heavy atom. The van der Waals surface area contributed by atoms with Gasteiger partial charge in [0.2, 0.25) is 0 Å². The first-order valence-electron chi connectivity index (χ1n) is 13.9. The number of carbonyl (C=O) groups excluding carboxylic acids is 2. The maximum atomic E-state index is 14.1. The highest BCUT2D eigenvalue weighted by molar-refractivity contribution is 6.30. The summed E-state index contributed by atoms with van der Waals surface area (Å²) in [5.74, 6) is -0.557. The zero-order valence-corrected chi connectivity index (χ0v) is 24.3. The van der Waals surface area contributed by atoms with E-state index in [0.717, 1.165) is 11.3 Å². The second-order valence-electron chi connectivity index (χ2n) is 10.4. The van der Waals surface area contributed by atoms with Crippen LogP contribution < -0.4 is 25.0 Å². The molecule has 3 aromatic carbocycles. The molecule has 0 aromatic heterocycles. The van der Waals surface area contributed by atoms with Crippen LogP contribution in [0.2, 0.25) is 5.02 Å². The number of nitrogens with zero attached hydrogens (tertiary/aromatic N) is 1. The van der Waals surface area contributed by atoms with E-state index in [2.05, 4.69) is 15.4 Å². The summed E-state index contributed by atoms with van der Waals surface area (Å²) in [4.78, 5) is 27.6. The van der Waals surface area contributed by atoms with Crippen molar-refractivity contribution in [2.75, 3.05) is 35.8 Å². The van der Waals surface area contributed by atoms with Crippen molar-refractivity contribution in [1.82, 2.24) is 0 Å². The third-order valence-corrected chi connectivity index (χ3v) is 7.74. The first-order chi connectivity index (χ1) is 20.5. The number of hydrogen-bond acceptors (Lipinski definition) is 7. The predicted octanol–water partition coefficient (Wildman–Crippen LogP) is 6.74. The second kappa shape index (κ2) is 12.6. The molecule has 0 radical (unpaired) electrons. The van der Waals surface area contributed by atoms with Crippen molar-refractivity contribution in [3.63, 3.8) is 0 Å². The van der Waals surface area contributed by atoms with E-state index in [-0.39, 0.29) is 23.8 Å². The molecule has 1 aliphatic carbocycles. The monoisotopic (exact) mass is 617 g/mol. The Morgan fingerprint density at radius 3 is 2.42 bits per heavy atom. The van der Waals surface area contributed by atoms with Gasteiger partial charge in [0, 0.05) is 47.2 Å². The standard InChI is InChI=1S/C31H31ClF3N3O5/c1-3-42-30(40)20-12-22(13-20)36-23-14-24(16-26(15-23)41-2)37-28(19-4-7-21(32)8-5-19)29(39)38-11-10-18-6-9-25(17-27(18)38)43-31(33,34)35/h4-9,14-17,20,22,28,36-37H,3,10-13H2,1-2H3. The molecule has 1 saturated carbocycles. The van der Waals surface area contributed by atoms with Gasteiger partial charge in [-0.3, -0.25) is 9.59 Å². The largest absolute Gasteiger partial charge is 0.573 e. The Hall–Kier alpha value is -4.12. The number of alkyl halides is 3. The van der Waals surface area contributed by atoms with Crippen molar-refractivity contribution in [2.24, 2.45) is 5.92 Å². The lowest BCUT2D eigenvalue weighted by atomic mass is 9.80. The van der Waals surface area contributed by atoms with Crippen molar-refractivity contribution in [3.8, 4) is 11.5 Å². The molecule has 1 fully saturated rings. The van der Waals surface area contributed by atoms with Gasteiger partial charge in [-0.1, -0.05) is 29.8 Å². The number of methoxy groups -OCH3 is 1. The Kier molecular flexibility index (Phi) is 8.91. The first kappa shape index (κ1) is 30.3. The van der Waals surface area contributed by atoms with E-state index in [4.69, 9.17) is 21.1 Å². The fourth-order valence-electron chi connectivity index (χ4n) is 5.36. The van der Waals surface area contributed by atoms with Gasteiger partial charge in [0.1, 0.15) is 17.5 Å². The molecule has 1 aliphatic heterocycles. The number of nitrogens with one attached hydrogen (secondary N) is 2. The molecule has 0 saturated heterocycles. The summed E-state index contributed by atoms with van der Waals surface area (Å²) in [7, 11) is 1.53. The van der Waals surface area contributed by atoms with Crippen LogP contribution in [0.4, 0.5) is 30.2 Å². The minimum absolute atomic E-state index is 0.0669. The molecule has 1 amide bonds. The Balaban J connectivity index is 1.40. The molecular formula is C31H31ClF3N3O5. The molecule has 43 heavy (non-hydrogen) atoms. The molecule has 2 N–H and O–H groups in total. The maximum absolute atomic E-state index is 14.1. The first-order valence-corrected chi connectivity index (χ1v) is 14.2. The highest BCUT2D eigenvalue weighted by atomic mass is 35.5. The lowest BCUT2D eigenvalue weighted by molar-refractivity contribution is -0.274. The van der Waals surface area contributed by atoms with Gasteiger partial charge in [-0.2, -0.15) is 0 Å². The Labute approximate surface area is 252 Å². The molecule has 12 heteroatoms. The highest BCUT2D eigenvalue weighted by Crippen LogP contribution is 2.38. The van der Waals surface area contributed by atoms with Gasteiger partial charge in [-0.15, -0.1) is 13.2 Å². The van der Waals surface area contributed by atoms with Crippen molar-refractivity contribution < 1.29 is 37.0 Å². The normalized spacial score (nSPS) is 18.2. The average molecular weight is 618 g/mol. The Bertz CT molecular complexity index is 1480. The number of esters is 1. The van der Waals surface area contributed by atoms with Crippen LogP contribution in [0.15, 0.2) is 60.7 Å². The third-order valence-electron chi connectivity index (χ3n) is 7.48. The predicted molar refractivity (Wildman–Crippen MR) is 157 cm³/mol. The lowest BCUT2D eigenvalue weighted by Gasteiger charge is -2.35. The average Bonchev–Trinajstić information content (AvgIpc) is 3.36. The fraction of sp³-hybridized carbons (Fsp3) is 0.355. The minimum atomic E-state index is -4.85. The number of rotatable bonds is 10. The van der Waals surface area contributed by atoms with Crippen LogP contribution in [0.1, 0.15) is 36.9 Å². The maximum Gasteiger partial charge on any atom is 0.573 e. The van der Waals surface area contributed by atoms with Gasteiger partial charge in [-0.25, -0.2) is 0 Å². The van der Waals surface area contributed by atoms with Crippen LogP contribution >= 0.6 is 11.6 Å². The molecule has 0 spiro atoms. The van der Waals surface area contributed by atoms with E-state index in [1.165, 1.54) is 24.1 Å². The molecular weight excluding hydrogens is 587 g/mol. The van der Waals surface area contributed by atoms with Gasteiger partial charge in [0.05, 0.1) is 25.3 Å². The summed E-state index contributed by atoms with van der Waals surface area (Å²) in [6.07, 6.45) is -3.09. The fourth-order valence-corrected chi connectivity index (χ4v) is 5.48. The molecule has 0 bridgehead atoms. The SMILES string of the molecule is CCOC(=O)C1CC(Nc2cc(NC(C(=O)N3CCc4ccc(OC(F)(F)F)cc43)c3ccc(Cl)cc3)cc(OC)c2)C1. The van der Waals surface area contributed by atoms with Crippen molar-refractivity contribution in [2.45, 2.75) is 44.6 Å². The molecule has 1 heterocycles. The van der Waals surface area contributed by atoms with E-state index in [1.807, 2.05) is 12.1 Å². The van der Waals surface area contributed by atoms with Crippen LogP contribution in [0.5, 0.6) is 11.5 Å². The molecule has 5 rings (SSSR count). The van der Waals surface area contributed by atoms with Gasteiger partial charge >= 0.3 is 12.3 Å². The van der Waals surface area contributed by atoms with Crippen molar-refractivity contribution in [3.05, 3.63) is 76.8 Å². The number of benzene rings is 3. The van der Waals surface area contributed by atoms with E-state index in [1.54, 1.807) is 43.3 Å². The molecule has 8 nitrogen and oxygen atoms in total. The summed E-state index contributed by atoms with van der Waals surface area (Å²) in [6.45, 7) is 2.42. The van der Waals surface area contributed by atoms with Gasteiger partial charge in [-0.05, 0) is 61.6 Å². The van der Waals surface area contributed by atoms with E-state index >= 15 is 0 Å². The van der Waals surface area contributed by atoms with E-state index < -0.39 is 18.2 Å². The minimum Gasteiger partial charge on any atom is -0.497 e. The topological polar surface area (TPSA) is 89.1 Å². The summed E-state index contributed by atoms with van der Waals surface area (Å²) in [5, 5.41) is 7.21. The second-order valence-corrected chi connectivity index (χ2v) is 10.9. The van der Waals surface area contributed by atoms with Crippen LogP contribution in [-0.2, 0) is 20.7 Å². The van der Waals surface area contributed by atoms with E-state index in [9.17, 15) is 22.8 Å². The molecule has 3 aromatic rings. The summed E-state index contributed by atoms with van der Waals surface area (Å²) >= 11 is 6.12. The number of carbonyl (C=O) groups is 2. The third kappa shape index (κ3) is 7.27. The van der Waals surface area contributed by atoms with Crippen LogP contribution in [-0.4, -0.2) is 44.5 Å². The number of fused-ring (bicyclic) bond motifs is 1. The van der Waals surface area contributed by atoms with Gasteiger partial charge < -0.3 is 29.7 Å². The number of halogens is 4. The number of hydrogen-bond donors (Lipinski definition) is 2. The summed E-state index contributed by atoms with van der Waals surface area (Å²) in [5.41, 5.74) is 3.02. The Morgan fingerprint density at radius 1 is 1.02 bits per heavy atom. The molecule has 1 atom stereocenters. The zero-order valence-electron chi connectivity index (χ0n) is 23.5. The summed E-state index contributed by atoms with van der Waals surface area (Å²) < 4.78 is 53.4. The molecule has 2 aliphatic rings. The van der Waals surface area contributed by atoms with Gasteiger partial charge in [0.25, 0.3) is 5.91 Å². The van der Waals surface area contributed by atoms with E-state index in [0.29, 0.717) is 60.1 Å². The number of amides is 1. The van der Waals surface area contributed by atoms with Crippen LogP contribution in [0, 0.1) is 5.92 Å². The smallest absolute Gasteiger partial charge is 0.497 e. The summed E-state index contributed by atoms with van der Waals surface area (Å²) in [6, 6.07) is 15.4. The number of anilines is 3. The zero-order chi connectivity index (χ0) is 30.7. The quantitative estimate of drug-likeness (QED) is 0.244. The molecule has 1 unspecified atom stereocenters. The van der Waals surface area contributed by atoms with Crippen LogP contribution in [0.25, 0.3) is 0 Å². The molecule has 228 valence electrons. The van der Waals surface area contributed by atoms with Crippen LogP contribution in [0.3, 0.4) is 0 Å². The highest BCUT2D eigenvalue weighted by Gasteiger charge is 2.36. The van der Waals surface area contributed by atoms with Crippen molar-refractivity contribution >= 4 is 40.5 Å². The van der Waals surface area contributed by atoms with Gasteiger partial charge in [0.15, 0.2) is 0 Å². The number of ether oxygens (including phenoxy) is 3. The van der Waals surface area contributed by atoms with Crippen molar-refractivity contribution in [1.29, 1.82) is 0 Å².